The number of hydrogen-bond acceptors (Lipinski definition) is 2. The van der Waals surface area contributed by atoms with E-state index in [1.54, 1.807) is 0 Å². The first kappa shape index (κ1) is 14.6. The molecule has 2 nitrogen and oxygen atoms in total. The number of rotatable bonds is 6. The van der Waals surface area contributed by atoms with Gasteiger partial charge in [0, 0.05) is 19.8 Å². The second-order valence-corrected chi connectivity index (χ2v) is 5.45. The van der Waals surface area contributed by atoms with Gasteiger partial charge in [0.05, 0.1) is 0 Å². The zero-order chi connectivity index (χ0) is 14.4. The summed E-state index contributed by atoms with van der Waals surface area (Å²) in [7, 11) is 4.14. The Bertz CT molecular complexity index is 520. The number of nitrogens with zero attached hydrogens (tertiary/aromatic N) is 1. The first-order valence-electron chi connectivity index (χ1n) is 7.22. The molecule has 2 rings (SSSR count). The van der Waals surface area contributed by atoms with E-state index >= 15 is 0 Å². The standard InChI is InChI=1S/C18H24N2/c1-20(2)18-10-6-9-16(13-18)17(14-19)12-11-15-7-4-3-5-8-15/h3-10,13,17H,11-12,14,19H2,1-2H3. The molecule has 0 saturated heterocycles. The molecule has 1 unspecified atom stereocenters. The molecule has 2 N–H and O–H groups in total. The third kappa shape index (κ3) is 3.84. The molecular weight excluding hydrogens is 244 g/mol. The third-order valence-electron chi connectivity index (χ3n) is 3.77. The lowest BCUT2D eigenvalue weighted by atomic mass is 9.92. The van der Waals surface area contributed by atoms with Gasteiger partial charge in [-0.05, 0) is 48.6 Å². The van der Waals surface area contributed by atoms with E-state index in [9.17, 15) is 0 Å². The van der Waals surface area contributed by atoms with E-state index in [1.165, 1.54) is 16.8 Å². The molecule has 0 aliphatic rings. The molecule has 0 amide bonds. The fraction of sp³-hybridized carbons (Fsp3) is 0.333. The van der Waals surface area contributed by atoms with E-state index in [0.717, 1.165) is 12.8 Å². The van der Waals surface area contributed by atoms with Crippen molar-refractivity contribution in [3.05, 3.63) is 65.7 Å². The largest absolute Gasteiger partial charge is 0.378 e. The highest BCUT2D eigenvalue weighted by Crippen LogP contribution is 2.24. The maximum atomic E-state index is 5.98. The second-order valence-electron chi connectivity index (χ2n) is 5.45. The molecule has 2 aromatic carbocycles. The summed E-state index contributed by atoms with van der Waals surface area (Å²) in [4.78, 5) is 2.13. The van der Waals surface area contributed by atoms with E-state index < -0.39 is 0 Å². The molecule has 2 heteroatoms. The van der Waals surface area contributed by atoms with Crippen LogP contribution in [0.5, 0.6) is 0 Å². The Morgan fingerprint density at radius 3 is 2.40 bits per heavy atom. The van der Waals surface area contributed by atoms with Crippen molar-refractivity contribution in [2.45, 2.75) is 18.8 Å². The van der Waals surface area contributed by atoms with Crippen molar-refractivity contribution in [3.63, 3.8) is 0 Å². The van der Waals surface area contributed by atoms with Crippen LogP contribution in [0.2, 0.25) is 0 Å². The molecule has 0 bridgehead atoms. The van der Waals surface area contributed by atoms with Crippen molar-refractivity contribution in [2.75, 3.05) is 25.5 Å². The number of hydrogen-bond donors (Lipinski definition) is 1. The summed E-state index contributed by atoms with van der Waals surface area (Å²) in [5, 5.41) is 0. The van der Waals surface area contributed by atoms with Crippen LogP contribution in [0.1, 0.15) is 23.5 Å². The van der Waals surface area contributed by atoms with Gasteiger partial charge in [0.1, 0.15) is 0 Å². The van der Waals surface area contributed by atoms with Gasteiger partial charge in [0.25, 0.3) is 0 Å². The molecule has 0 aliphatic heterocycles. The maximum absolute atomic E-state index is 5.98. The van der Waals surface area contributed by atoms with E-state index in [-0.39, 0.29) is 0 Å². The van der Waals surface area contributed by atoms with Gasteiger partial charge >= 0.3 is 0 Å². The van der Waals surface area contributed by atoms with Crippen molar-refractivity contribution in [2.24, 2.45) is 5.73 Å². The van der Waals surface area contributed by atoms with E-state index in [1.807, 2.05) is 0 Å². The monoisotopic (exact) mass is 268 g/mol. The van der Waals surface area contributed by atoms with Crippen LogP contribution in [0.25, 0.3) is 0 Å². The minimum Gasteiger partial charge on any atom is -0.378 e. The summed E-state index contributed by atoms with van der Waals surface area (Å²) in [5.74, 6) is 0.426. The average molecular weight is 268 g/mol. The van der Waals surface area contributed by atoms with Gasteiger partial charge in [0.2, 0.25) is 0 Å². The number of nitrogens with two attached hydrogens (primary N) is 1. The van der Waals surface area contributed by atoms with Gasteiger partial charge in [-0.3, -0.25) is 0 Å². The quantitative estimate of drug-likeness (QED) is 0.869. The van der Waals surface area contributed by atoms with Crippen molar-refractivity contribution in [3.8, 4) is 0 Å². The van der Waals surface area contributed by atoms with Gasteiger partial charge in [-0.25, -0.2) is 0 Å². The molecule has 20 heavy (non-hydrogen) atoms. The number of anilines is 1. The normalized spacial score (nSPS) is 12.2. The molecular formula is C18H24N2. The van der Waals surface area contributed by atoms with Crippen molar-refractivity contribution < 1.29 is 0 Å². The van der Waals surface area contributed by atoms with Gasteiger partial charge in [-0.15, -0.1) is 0 Å². The maximum Gasteiger partial charge on any atom is 0.0363 e. The van der Waals surface area contributed by atoms with Crippen LogP contribution >= 0.6 is 0 Å². The minimum absolute atomic E-state index is 0.426. The highest BCUT2D eigenvalue weighted by Gasteiger charge is 2.11. The second kappa shape index (κ2) is 7.11. The number of aryl methyl sites for hydroxylation is 1. The van der Waals surface area contributed by atoms with E-state index in [4.69, 9.17) is 5.73 Å². The van der Waals surface area contributed by atoms with Gasteiger partial charge in [0.15, 0.2) is 0 Å². The van der Waals surface area contributed by atoms with Crippen LogP contribution < -0.4 is 10.6 Å². The first-order chi connectivity index (χ1) is 9.70. The highest BCUT2D eigenvalue weighted by molar-refractivity contribution is 5.48. The fourth-order valence-corrected chi connectivity index (χ4v) is 2.46. The lowest BCUT2D eigenvalue weighted by molar-refractivity contribution is 0.634. The third-order valence-corrected chi connectivity index (χ3v) is 3.77. The Kier molecular flexibility index (Phi) is 5.19. The van der Waals surface area contributed by atoms with Crippen molar-refractivity contribution in [1.29, 1.82) is 0 Å². The predicted octanol–water partition coefficient (Wildman–Crippen LogP) is 3.43. The molecule has 0 aliphatic carbocycles. The van der Waals surface area contributed by atoms with Crippen LogP contribution in [-0.2, 0) is 6.42 Å². The minimum atomic E-state index is 0.426. The van der Waals surface area contributed by atoms with Gasteiger partial charge in [-0.1, -0.05) is 42.5 Å². The lowest BCUT2D eigenvalue weighted by Gasteiger charge is -2.19. The van der Waals surface area contributed by atoms with Crippen LogP contribution in [-0.4, -0.2) is 20.6 Å². The molecule has 0 radical (unpaired) electrons. The Hall–Kier alpha value is -1.80. The van der Waals surface area contributed by atoms with Crippen LogP contribution in [0.4, 0.5) is 5.69 Å². The topological polar surface area (TPSA) is 29.3 Å². The van der Waals surface area contributed by atoms with Crippen LogP contribution in [0.3, 0.4) is 0 Å². The first-order valence-corrected chi connectivity index (χ1v) is 7.22. The van der Waals surface area contributed by atoms with Crippen molar-refractivity contribution in [1.82, 2.24) is 0 Å². The van der Waals surface area contributed by atoms with E-state index in [2.05, 4.69) is 73.6 Å². The Balaban J connectivity index is 2.06. The zero-order valence-electron chi connectivity index (χ0n) is 12.4. The molecule has 0 saturated carbocycles. The average Bonchev–Trinajstić information content (AvgIpc) is 2.49. The Labute approximate surface area is 122 Å². The molecule has 0 fully saturated rings. The van der Waals surface area contributed by atoms with Crippen molar-refractivity contribution >= 4 is 5.69 Å². The smallest absolute Gasteiger partial charge is 0.0363 e. The summed E-state index contributed by atoms with van der Waals surface area (Å²) in [6.07, 6.45) is 2.17. The zero-order valence-corrected chi connectivity index (χ0v) is 12.4. The highest BCUT2D eigenvalue weighted by atomic mass is 15.1. The molecule has 2 aromatic rings. The summed E-state index contributed by atoms with van der Waals surface area (Å²) >= 11 is 0. The Morgan fingerprint density at radius 1 is 1.00 bits per heavy atom. The summed E-state index contributed by atoms with van der Waals surface area (Å²) < 4.78 is 0. The molecule has 0 heterocycles. The van der Waals surface area contributed by atoms with Gasteiger partial charge in [-0.2, -0.15) is 0 Å². The molecule has 106 valence electrons. The summed E-state index contributed by atoms with van der Waals surface area (Å²) in [6, 6.07) is 19.3. The lowest BCUT2D eigenvalue weighted by Crippen LogP contribution is -2.15. The molecule has 0 aromatic heterocycles. The molecule has 0 spiro atoms. The molecule has 1 atom stereocenters. The summed E-state index contributed by atoms with van der Waals surface area (Å²) in [6.45, 7) is 0.698. The van der Waals surface area contributed by atoms with Gasteiger partial charge < -0.3 is 10.6 Å². The van der Waals surface area contributed by atoms with Crippen LogP contribution in [0, 0.1) is 0 Å². The SMILES string of the molecule is CN(C)c1cccc(C(CN)CCc2ccccc2)c1. The predicted molar refractivity (Wildman–Crippen MR) is 87.3 cm³/mol. The summed E-state index contributed by atoms with van der Waals surface area (Å²) in [5.41, 5.74) is 9.94. The van der Waals surface area contributed by atoms with Crippen LogP contribution in [0.15, 0.2) is 54.6 Å². The number of benzene rings is 2. The fourth-order valence-electron chi connectivity index (χ4n) is 2.46. The Morgan fingerprint density at radius 2 is 1.75 bits per heavy atom. The van der Waals surface area contributed by atoms with E-state index in [0.29, 0.717) is 12.5 Å².